The third-order valence-electron chi connectivity index (χ3n) is 0.960. The van der Waals surface area contributed by atoms with Crippen molar-refractivity contribution in [1.29, 1.82) is 0 Å². The van der Waals surface area contributed by atoms with E-state index in [2.05, 4.69) is 4.98 Å². The summed E-state index contributed by atoms with van der Waals surface area (Å²) in [4.78, 5) is 3.50. The first kappa shape index (κ1) is 8.00. The lowest BCUT2D eigenvalue weighted by atomic mass is 10.4. The zero-order valence-electron chi connectivity index (χ0n) is 4.74. The lowest BCUT2D eigenvalue weighted by molar-refractivity contribution is 0.615. The number of rotatable bonds is 0. The summed E-state index contributed by atoms with van der Waals surface area (Å²) in [5, 5.41) is 0.144. The highest BCUT2D eigenvalue weighted by molar-refractivity contribution is 14.1. The fourth-order valence-corrected chi connectivity index (χ4v) is 1.16. The van der Waals surface area contributed by atoms with E-state index in [-0.39, 0.29) is 10.8 Å². The molecule has 0 aromatic carbocycles. The molecule has 0 aliphatic heterocycles. The highest BCUT2D eigenvalue weighted by Gasteiger charge is 2.06. The van der Waals surface area contributed by atoms with Crippen molar-refractivity contribution in [2.24, 2.45) is 0 Å². The molecule has 0 bridgehead atoms. The van der Waals surface area contributed by atoms with Gasteiger partial charge in [-0.3, -0.25) is 0 Å². The second kappa shape index (κ2) is 2.87. The van der Waals surface area contributed by atoms with E-state index in [1.54, 1.807) is 22.6 Å². The van der Waals surface area contributed by atoms with Crippen LogP contribution >= 0.6 is 34.2 Å². The van der Waals surface area contributed by atoms with Gasteiger partial charge in [-0.05, 0) is 22.6 Å². The summed E-state index contributed by atoms with van der Waals surface area (Å²) in [5.74, 6) is -0.442. The Bertz CT molecular complexity index is 239. The summed E-state index contributed by atoms with van der Waals surface area (Å²) < 4.78 is 12.9. The molecule has 0 atom stereocenters. The molecular formula is C5H3ClFIN2. The van der Waals surface area contributed by atoms with E-state index < -0.39 is 5.82 Å². The Morgan fingerprint density at radius 2 is 2.30 bits per heavy atom. The zero-order chi connectivity index (χ0) is 7.72. The molecule has 0 unspecified atom stereocenters. The van der Waals surface area contributed by atoms with Gasteiger partial charge in [-0.15, -0.1) is 0 Å². The maximum Gasteiger partial charge on any atom is 0.156 e. The van der Waals surface area contributed by atoms with Crippen molar-refractivity contribution in [3.63, 3.8) is 0 Å². The quantitative estimate of drug-likeness (QED) is 0.580. The largest absolute Gasteiger partial charge is 0.395 e. The van der Waals surface area contributed by atoms with E-state index in [4.69, 9.17) is 17.3 Å². The summed E-state index contributed by atoms with van der Waals surface area (Å²) in [6.07, 6.45) is 1.04. The smallest absolute Gasteiger partial charge is 0.156 e. The van der Waals surface area contributed by atoms with Crippen LogP contribution in [-0.4, -0.2) is 4.98 Å². The van der Waals surface area contributed by atoms with Gasteiger partial charge in [0.15, 0.2) is 11.0 Å². The van der Waals surface area contributed by atoms with Gasteiger partial charge in [0.2, 0.25) is 0 Å². The second-order valence-corrected chi connectivity index (χ2v) is 3.06. The van der Waals surface area contributed by atoms with Crippen LogP contribution < -0.4 is 5.73 Å². The van der Waals surface area contributed by atoms with Crippen molar-refractivity contribution in [2.75, 3.05) is 5.73 Å². The van der Waals surface area contributed by atoms with Gasteiger partial charge < -0.3 is 5.73 Å². The average Bonchev–Trinajstić information content (AvgIpc) is 1.93. The minimum atomic E-state index is -0.442. The van der Waals surface area contributed by atoms with Gasteiger partial charge in [-0.2, -0.15) is 0 Å². The maximum absolute atomic E-state index is 12.6. The topological polar surface area (TPSA) is 38.9 Å². The van der Waals surface area contributed by atoms with Crippen LogP contribution in [0.4, 0.5) is 10.1 Å². The van der Waals surface area contributed by atoms with Crippen LogP contribution in [0.3, 0.4) is 0 Å². The van der Waals surface area contributed by atoms with Crippen LogP contribution in [0.5, 0.6) is 0 Å². The first-order valence-corrected chi connectivity index (χ1v) is 3.83. The highest BCUT2D eigenvalue weighted by Crippen LogP contribution is 2.23. The lowest BCUT2D eigenvalue weighted by Gasteiger charge is -1.99. The zero-order valence-corrected chi connectivity index (χ0v) is 7.65. The standard InChI is InChI=1S/C5H3ClFIN2/c6-5-4(9)3(8)2(7)1-10-5/h1H,9H2. The summed E-state index contributed by atoms with van der Waals surface area (Å²) >= 11 is 7.25. The summed E-state index contributed by atoms with van der Waals surface area (Å²) in [6.45, 7) is 0. The van der Waals surface area contributed by atoms with Gasteiger partial charge in [0.05, 0.1) is 15.5 Å². The van der Waals surface area contributed by atoms with E-state index in [9.17, 15) is 4.39 Å². The van der Waals surface area contributed by atoms with E-state index in [0.717, 1.165) is 6.20 Å². The van der Waals surface area contributed by atoms with Crippen molar-refractivity contribution < 1.29 is 4.39 Å². The van der Waals surface area contributed by atoms with Gasteiger partial charge in [0.1, 0.15) is 0 Å². The molecule has 1 aromatic heterocycles. The molecule has 0 saturated carbocycles. The number of nitrogen functional groups attached to an aromatic ring is 1. The molecule has 5 heteroatoms. The van der Waals surface area contributed by atoms with Gasteiger partial charge in [-0.1, -0.05) is 11.6 Å². The van der Waals surface area contributed by atoms with Crippen LogP contribution in [0.1, 0.15) is 0 Å². The Morgan fingerprint density at radius 1 is 1.70 bits per heavy atom. The number of hydrogen-bond donors (Lipinski definition) is 1. The third kappa shape index (κ3) is 1.32. The molecular weight excluding hydrogens is 269 g/mol. The Labute approximate surface area is 75.7 Å². The number of halogens is 3. The molecule has 1 aromatic rings. The Balaban J connectivity index is 3.34. The number of nitrogens with zero attached hydrogens (tertiary/aromatic N) is 1. The SMILES string of the molecule is Nc1c(Cl)ncc(F)c1I. The van der Waals surface area contributed by atoms with Crippen LogP contribution in [0.2, 0.25) is 5.15 Å². The number of anilines is 1. The first-order valence-electron chi connectivity index (χ1n) is 2.38. The van der Waals surface area contributed by atoms with E-state index in [1.165, 1.54) is 0 Å². The van der Waals surface area contributed by atoms with Crippen LogP contribution in [0, 0.1) is 9.39 Å². The third-order valence-corrected chi connectivity index (χ3v) is 2.36. The maximum atomic E-state index is 12.6. The van der Waals surface area contributed by atoms with Gasteiger partial charge in [0, 0.05) is 0 Å². The second-order valence-electron chi connectivity index (χ2n) is 1.62. The van der Waals surface area contributed by atoms with Crippen molar-refractivity contribution in [3.8, 4) is 0 Å². The molecule has 54 valence electrons. The molecule has 0 saturated heterocycles. The molecule has 1 heterocycles. The number of aromatic nitrogens is 1. The number of pyridine rings is 1. The van der Waals surface area contributed by atoms with Crippen molar-refractivity contribution in [1.82, 2.24) is 4.98 Å². The van der Waals surface area contributed by atoms with Crippen LogP contribution in [0.25, 0.3) is 0 Å². The summed E-state index contributed by atoms with van der Waals surface area (Å²) in [7, 11) is 0. The van der Waals surface area contributed by atoms with Gasteiger partial charge in [-0.25, -0.2) is 9.37 Å². The summed E-state index contributed by atoms with van der Waals surface area (Å²) in [6, 6.07) is 0. The Kier molecular flexibility index (Phi) is 2.30. The minimum absolute atomic E-state index is 0.144. The predicted molar refractivity (Wildman–Crippen MR) is 46.3 cm³/mol. The molecule has 1 rings (SSSR count). The predicted octanol–water partition coefficient (Wildman–Crippen LogP) is 2.06. The molecule has 0 spiro atoms. The fourth-order valence-electron chi connectivity index (χ4n) is 0.459. The highest BCUT2D eigenvalue weighted by atomic mass is 127. The molecule has 0 fully saturated rings. The Morgan fingerprint density at radius 3 is 2.80 bits per heavy atom. The molecule has 0 aliphatic carbocycles. The van der Waals surface area contributed by atoms with E-state index in [0.29, 0.717) is 3.57 Å². The van der Waals surface area contributed by atoms with Crippen LogP contribution in [-0.2, 0) is 0 Å². The molecule has 2 N–H and O–H groups in total. The molecule has 10 heavy (non-hydrogen) atoms. The molecule has 0 aliphatic rings. The summed E-state index contributed by atoms with van der Waals surface area (Å²) in [5.41, 5.74) is 5.54. The van der Waals surface area contributed by atoms with Crippen molar-refractivity contribution in [2.45, 2.75) is 0 Å². The van der Waals surface area contributed by atoms with Crippen molar-refractivity contribution in [3.05, 3.63) is 20.7 Å². The molecule has 0 amide bonds. The van der Waals surface area contributed by atoms with E-state index >= 15 is 0 Å². The monoisotopic (exact) mass is 272 g/mol. The minimum Gasteiger partial charge on any atom is -0.395 e. The van der Waals surface area contributed by atoms with Crippen molar-refractivity contribution >= 4 is 39.9 Å². The molecule has 0 radical (unpaired) electrons. The number of nitrogens with two attached hydrogens (primary N) is 1. The van der Waals surface area contributed by atoms with E-state index in [1.807, 2.05) is 0 Å². The lowest BCUT2D eigenvalue weighted by Crippen LogP contribution is -1.95. The van der Waals surface area contributed by atoms with Gasteiger partial charge in [0.25, 0.3) is 0 Å². The number of hydrogen-bond acceptors (Lipinski definition) is 2. The molecule has 2 nitrogen and oxygen atoms in total. The average molecular weight is 272 g/mol. The normalized spacial score (nSPS) is 9.90. The van der Waals surface area contributed by atoms with Crippen LogP contribution in [0.15, 0.2) is 6.20 Å². The first-order chi connectivity index (χ1) is 4.63. The Hall–Kier alpha value is -0.100. The van der Waals surface area contributed by atoms with Gasteiger partial charge >= 0.3 is 0 Å². The fraction of sp³-hybridized carbons (Fsp3) is 0.